The molecule has 1 aromatic carbocycles. The first kappa shape index (κ1) is 14.7. The molecule has 0 saturated carbocycles. The topological polar surface area (TPSA) is 90.9 Å². The molecule has 0 atom stereocenters. The molecule has 3 amide bonds. The van der Waals surface area contributed by atoms with Gasteiger partial charge in [-0.05, 0) is 23.8 Å². The highest BCUT2D eigenvalue weighted by Crippen LogP contribution is 2.23. The van der Waals surface area contributed by atoms with Crippen LogP contribution in [0, 0.1) is 5.82 Å². The first-order valence-corrected chi connectivity index (χ1v) is 6.86. The Labute approximate surface area is 126 Å². The Bertz CT molecular complexity index is 618. The summed E-state index contributed by atoms with van der Waals surface area (Å²) in [6, 6.07) is 3.67. The minimum atomic E-state index is -1.02. The van der Waals surface area contributed by atoms with E-state index < -0.39 is 23.4 Å². The highest BCUT2D eigenvalue weighted by Gasteiger charge is 2.36. The van der Waals surface area contributed by atoms with Crippen LogP contribution in [0.5, 0.6) is 0 Å². The van der Waals surface area contributed by atoms with Gasteiger partial charge in [0.2, 0.25) is 5.91 Å². The van der Waals surface area contributed by atoms with Crippen molar-refractivity contribution < 1.29 is 23.8 Å². The Morgan fingerprint density at radius 1 is 1.50 bits per heavy atom. The molecule has 0 aromatic heterocycles. The Hall–Kier alpha value is -2.19. The number of carbonyl (C=O) groups excluding carboxylic acids is 2. The summed E-state index contributed by atoms with van der Waals surface area (Å²) < 4.78 is 18.1. The average molecular weight is 309 g/mol. The molecule has 0 unspecified atom stereocenters. The number of rotatable bonds is 4. The molecule has 1 saturated heterocycles. The fourth-order valence-corrected chi connectivity index (χ4v) is 2.35. The number of carbonyl (C=O) groups is 2. The molecular formula is C14H16FN3O4. The minimum Gasteiger partial charge on any atom is -0.383 e. The Kier molecular flexibility index (Phi) is 3.71. The zero-order valence-electron chi connectivity index (χ0n) is 11.8. The third-order valence-electron chi connectivity index (χ3n) is 3.65. The van der Waals surface area contributed by atoms with Gasteiger partial charge in [0.05, 0.1) is 26.3 Å². The summed E-state index contributed by atoms with van der Waals surface area (Å²) in [7, 11) is 0. The van der Waals surface area contributed by atoms with Crippen molar-refractivity contribution in [3.8, 4) is 0 Å². The number of hydrogen-bond acceptors (Lipinski definition) is 4. The molecule has 0 aliphatic carbocycles. The molecular weight excluding hydrogens is 293 g/mol. The van der Waals surface area contributed by atoms with Gasteiger partial charge in [0.1, 0.15) is 18.0 Å². The number of urea groups is 1. The van der Waals surface area contributed by atoms with Gasteiger partial charge in [-0.15, -0.1) is 0 Å². The second kappa shape index (κ2) is 5.54. The lowest BCUT2D eigenvalue weighted by Gasteiger charge is -2.36. The Morgan fingerprint density at radius 3 is 2.95 bits per heavy atom. The van der Waals surface area contributed by atoms with Gasteiger partial charge in [0.15, 0.2) is 0 Å². The number of fused-ring (bicyclic) bond motifs is 1. The van der Waals surface area contributed by atoms with Crippen molar-refractivity contribution in [2.45, 2.75) is 12.1 Å². The number of aliphatic hydroxyl groups is 1. The van der Waals surface area contributed by atoms with Crippen molar-refractivity contribution >= 4 is 17.6 Å². The summed E-state index contributed by atoms with van der Waals surface area (Å²) in [5.41, 5.74) is 0.137. The van der Waals surface area contributed by atoms with Crippen LogP contribution >= 0.6 is 0 Å². The fraction of sp³-hybridized carbons (Fsp3) is 0.429. The highest BCUT2D eigenvalue weighted by molar-refractivity contribution is 5.94. The van der Waals surface area contributed by atoms with Crippen LogP contribution in [0.4, 0.5) is 14.9 Å². The third-order valence-corrected chi connectivity index (χ3v) is 3.65. The van der Waals surface area contributed by atoms with E-state index in [9.17, 15) is 19.1 Å². The van der Waals surface area contributed by atoms with Crippen molar-refractivity contribution in [3.63, 3.8) is 0 Å². The van der Waals surface area contributed by atoms with E-state index in [2.05, 4.69) is 10.6 Å². The maximum atomic E-state index is 13.2. The summed E-state index contributed by atoms with van der Waals surface area (Å²) in [4.78, 5) is 25.1. The number of nitrogens with zero attached hydrogens (tertiary/aromatic N) is 1. The predicted molar refractivity (Wildman–Crippen MR) is 74.6 cm³/mol. The number of anilines is 1. The number of hydrogen-bond donors (Lipinski definition) is 3. The van der Waals surface area contributed by atoms with E-state index in [0.29, 0.717) is 11.3 Å². The average Bonchev–Trinajstić information content (AvgIpc) is 2.44. The van der Waals surface area contributed by atoms with Gasteiger partial charge in [-0.3, -0.25) is 4.79 Å². The quantitative estimate of drug-likeness (QED) is 0.733. The smallest absolute Gasteiger partial charge is 0.322 e. The predicted octanol–water partition coefficient (Wildman–Crippen LogP) is 0.0507. The summed E-state index contributed by atoms with van der Waals surface area (Å²) in [5, 5.41) is 15.0. The third kappa shape index (κ3) is 3.02. The number of nitrogens with one attached hydrogen (secondary N) is 2. The van der Waals surface area contributed by atoms with E-state index in [4.69, 9.17) is 4.74 Å². The number of ether oxygens (including phenoxy) is 1. The lowest BCUT2D eigenvalue weighted by atomic mass is 10.0. The summed E-state index contributed by atoms with van der Waals surface area (Å²) in [6.45, 7) is 0.430. The molecule has 22 heavy (non-hydrogen) atoms. The number of amides is 3. The maximum absolute atomic E-state index is 13.2. The summed E-state index contributed by atoms with van der Waals surface area (Å²) in [6.07, 6.45) is 0. The number of halogens is 1. The van der Waals surface area contributed by atoms with E-state index in [1.165, 1.54) is 23.1 Å². The maximum Gasteiger partial charge on any atom is 0.322 e. The van der Waals surface area contributed by atoms with Gasteiger partial charge >= 0.3 is 6.03 Å². The van der Waals surface area contributed by atoms with Crippen LogP contribution in [0.3, 0.4) is 0 Å². The molecule has 3 rings (SSSR count). The van der Waals surface area contributed by atoms with E-state index >= 15 is 0 Å². The first-order valence-electron chi connectivity index (χ1n) is 6.86. The van der Waals surface area contributed by atoms with Crippen LogP contribution < -0.4 is 10.6 Å². The van der Waals surface area contributed by atoms with Gasteiger partial charge in [0.25, 0.3) is 0 Å². The molecule has 0 spiro atoms. The van der Waals surface area contributed by atoms with Crippen molar-refractivity contribution in [2.24, 2.45) is 0 Å². The zero-order valence-corrected chi connectivity index (χ0v) is 11.8. The van der Waals surface area contributed by atoms with Gasteiger partial charge in [-0.25, -0.2) is 9.18 Å². The van der Waals surface area contributed by atoms with Gasteiger partial charge < -0.3 is 25.4 Å². The van der Waals surface area contributed by atoms with E-state index in [-0.39, 0.29) is 32.8 Å². The molecule has 7 nitrogen and oxygen atoms in total. The second-order valence-corrected chi connectivity index (χ2v) is 5.58. The van der Waals surface area contributed by atoms with E-state index in [0.717, 1.165) is 0 Å². The lowest BCUT2D eigenvalue weighted by Crippen LogP contribution is -2.58. The standard InChI is InChI=1S/C14H16FN3O4/c15-10-1-2-11-9(3-10)4-18(13(20)17-11)5-12(19)16-6-14(21)7-22-8-14/h1-3,21H,4-8H2,(H,16,19)(H,17,20). The van der Waals surface area contributed by atoms with Crippen LogP contribution in [0.25, 0.3) is 0 Å². The number of benzene rings is 1. The van der Waals surface area contributed by atoms with Gasteiger partial charge in [0, 0.05) is 5.69 Å². The summed E-state index contributed by atoms with van der Waals surface area (Å²) in [5.74, 6) is -0.790. The van der Waals surface area contributed by atoms with Gasteiger partial charge in [-0.1, -0.05) is 0 Å². The SMILES string of the molecule is O=C(CN1Cc2cc(F)ccc2NC1=O)NCC1(O)COC1. The lowest BCUT2D eigenvalue weighted by molar-refractivity contribution is -0.176. The van der Waals surface area contributed by atoms with Crippen LogP contribution in [0.2, 0.25) is 0 Å². The molecule has 0 bridgehead atoms. The molecule has 118 valence electrons. The highest BCUT2D eigenvalue weighted by atomic mass is 19.1. The molecule has 1 aromatic rings. The molecule has 2 heterocycles. The van der Waals surface area contributed by atoms with Crippen molar-refractivity contribution in [1.82, 2.24) is 10.2 Å². The fourth-order valence-electron chi connectivity index (χ4n) is 2.35. The first-order chi connectivity index (χ1) is 10.5. The summed E-state index contributed by atoms with van der Waals surface area (Å²) >= 11 is 0. The molecule has 8 heteroatoms. The van der Waals surface area contributed by atoms with Crippen LogP contribution in [0.1, 0.15) is 5.56 Å². The van der Waals surface area contributed by atoms with Crippen LogP contribution in [0.15, 0.2) is 18.2 Å². The minimum absolute atomic E-state index is 0.0759. The van der Waals surface area contributed by atoms with Gasteiger partial charge in [-0.2, -0.15) is 0 Å². The van der Waals surface area contributed by atoms with Crippen molar-refractivity contribution in [1.29, 1.82) is 0 Å². The molecule has 2 aliphatic rings. The normalized spacial score (nSPS) is 19.0. The largest absolute Gasteiger partial charge is 0.383 e. The van der Waals surface area contributed by atoms with Crippen LogP contribution in [-0.4, -0.2) is 53.8 Å². The Morgan fingerprint density at radius 2 is 2.27 bits per heavy atom. The molecule has 0 radical (unpaired) electrons. The molecule has 2 aliphatic heterocycles. The van der Waals surface area contributed by atoms with Crippen LogP contribution in [-0.2, 0) is 16.1 Å². The van der Waals surface area contributed by atoms with Crippen molar-refractivity contribution in [3.05, 3.63) is 29.6 Å². The van der Waals surface area contributed by atoms with E-state index in [1.54, 1.807) is 0 Å². The van der Waals surface area contributed by atoms with Crippen molar-refractivity contribution in [2.75, 3.05) is 31.6 Å². The monoisotopic (exact) mass is 309 g/mol. The molecule has 1 fully saturated rings. The second-order valence-electron chi connectivity index (χ2n) is 5.58. The Balaban J connectivity index is 1.58. The zero-order chi connectivity index (χ0) is 15.7. The molecule has 3 N–H and O–H groups in total. The van der Waals surface area contributed by atoms with E-state index in [1.807, 2.05) is 0 Å².